The largest absolute Gasteiger partial charge is 0.264 e. The highest BCUT2D eigenvalue weighted by atomic mass is 15.4. The second-order valence-electron chi connectivity index (χ2n) is 4.52. The Bertz CT molecular complexity index is 450. The average molecular weight is 244 g/mol. The Morgan fingerprint density at radius 3 is 2.83 bits per heavy atom. The lowest BCUT2D eigenvalue weighted by Crippen LogP contribution is -1.98. The Morgan fingerprint density at radius 2 is 2.06 bits per heavy atom. The molecule has 0 aliphatic heterocycles. The second kappa shape index (κ2) is 6.89. The van der Waals surface area contributed by atoms with Crippen molar-refractivity contribution in [2.75, 3.05) is 0 Å². The zero-order chi connectivity index (χ0) is 12.6. The third-order valence-corrected chi connectivity index (χ3v) is 2.99. The van der Waals surface area contributed by atoms with E-state index in [1.54, 1.807) is 6.20 Å². The van der Waals surface area contributed by atoms with Crippen LogP contribution in [0.2, 0.25) is 0 Å². The van der Waals surface area contributed by atoms with Crippen molar-refractivity contribution in [3.05, 3.63) is 30.7 Å². The highest BCUT2D eigenvalue weighted by Gasteiger charge is 2.03. The van der Waals surface area contributed by atoms with E-state index >= 15 is 0 Å². The molecule has 18 heavy (non-hydrogen) atoms. The lowest BCUT2D eigenvalue weighted by Gasteiger charge is -1.99. The van der Waals surface area contributed by atoms with E-state index in [-0.39, 0.29) is 0 Å². The van der Waals surface area contributed by atoms with Gasteiger partial charge in [-0.1, -0.05) is 37.8 Å². The highest BCUT2D eigenvalue weighted by Crippen LogP contribution is 2.14. The van der Waals surface area contributed by atoms with Crippen LogP contribution in [0.4, 0.5) is 0 Å². The molecular formula is C14H20N4. The van der Waals surface area contributed by atoms with Crippen LogP contribution in [0, 0.1) is 0 Å². The normalized spacial score (nSPS) is 10.7. The van der Waals surface area contributed by atoms with Crippen LogP contribution in [0.1, 0.15) is 39.0 Å². The molecule has 0 bridgehead atoms. The summed E-state index contributed by atoms with van der Waals surface area (Å²) in [6.45, 7) is 3.19. The minimum absolute atomic E-state index is 0.900. The Morgan fingerprint density at radius 1 is 1.17 bits per heavy atom. The molecular weight excluding hydrogens is 224 g/mol. The van der Waals surface area contributed by atoms with Crippen molar-refractivity contribution in [2.24, 2.45) is 0 Å². The van der Waals surface area contributed by atoms with E-state index in [0.29, 0.717) is 0 Å². The Balaban J connectivity index is 1.83. The van der Waals surface area contributed by atoms with Gasteiger partial charge in [0, 0.05) is 24.5 Å². The first-order chi connectivity index (χ1) is 8.90. The summed E-state index contributed by atoms with van der Waals surface area (Å²) in [5.74, 6) is 0. The van der Waals surface area contributed by atoms with Gasteiger partial charge in [-0.25, -0.2) is 0 Å². The molecule has 96 valence electrons. The van der Waals surface area contributed by atoms with E-state index in [9.17, 15) is 0 Å². The molecule has 0 amide bonds. The molecule has 0 radical (unpaired) electrons. The third-order valence-electron chi connectivity index (χ3n) is 2.99. The lowest BCUT2D eigenvalue weighted by atomic mass is 10.1. The Labute approximate surface area is 108 Å². The maximum Gasteiger partial charge on any atom is 0.114 e. The summed E-state index contributed by atoms with van der Waals surface area (Å²) in [4.78, 5) is 4.09. The zero-order valence-corrected chi connectivity index (χ0v) is 10.9. The molecule has 0 unspecified atom stereocenters. The molecule has 2 heterocycles. The summed E-state index contributed by atoms with van der Waals surface area (Å²) < 4.78 is 1.92. The molecule has 2 aromatic rings. The zero-order valence-electron chi connectivity index (χ0n) is 10.9. The van der Waals surface area contributed by atoms with Gasteiger partial charge in [-0.3, -0.25) is 9.67 Å². The molecule has 0 saturated carbocycles. The van der Waals surface area contributed by atoms with Crippen molar-refractivity contribution in [1.82, 2.24) is 20.0 Å². The maximum absolute atomic E-state index is 4.17. The SMILES string of the molecule is CCCCCCCn1cc(-c2cccnc2)nn1. The molecule has 4 heteroatoms. The van der Waals surface area contributed by atoms with Crippen LogP contribution in [0.25, 0.3) is 11.3 Å². The van der Waals surface area contributed by atoms with Crippen LogP contribution in [0.15, 0.2) is 30.7 Å². The predicted octanol–water partition coefficient (Wildman–Crippen LogP) is 3.31. The number of unbranched alkanes of at least 4 members (excludes halogenated alkanes) is 4. The average Bonchev–Trinajstić information content (AvgIpc) is 2.88. The van der Waals surface area contributed by atoms with Gasteiger partial charge in [0.05, 0.1) is 6.20 Å². The van der Waals surface area contributed by atoms with Gasteiger partial charge in [-0.15, -0.1) is 5.10 Å². The fourth-order valence-corrected chi connectivity index (χ4v) is 1.93. The van der Waals surface area contributed by atoms with Gasteiger partial charge in [-0.2, -0.15) is 0 Å². The number of hydrogen-bond donors (Lipinski definition) is 0. The van der Waals surface area contributed by atoms with Crippen molar-refractivity contribution < 1.29 is 0 Å². The summed E-state index contributed by atoms with van der Waals surface area (Å²) in [5.41, 5.74) is 1.92. The molecule has 0 aromatic carbocycles. The topological polar surface area (TPSA) is 43.6 Å². The van der Waals surface area contributed by atoms with E-state index in [1.165, 1.54) is 32.1 Å². The molecule has 0 N–H and O–H groups in total. The van der Waals surface area contributed by atoms with Crippen LogP contribution in [0.3, 0.4) is 0 Å². The van der Waals surface area contributed by atoms with Gasteiger partial charge < -0.3 is 0 Å². The molecule has 2 aromatic heterocycles. The molecule has 2 rings (SSSR count). The first-order valence-electron chi connectivity index (χ1n) is 6.70. The van der Waals surface area contributed by atoms with Crippen molar-refractivity contribution >= 4 is 0 Å². The summed E-state index contributed by atoms with van der Waals surface area (Å²) >= 11 is 0. The van der Waals surface area contributed by atoms with E-state index in [1.807, 2.05) is 29.2 Å². The Kier molecular flexibility index (Phi) is 4.88. The number of hydrogen-bond acceptors (Lipinski definition) is 3. The summed E-state index contributed by atoms with van der Waals surface area (Å²) in [6, 6.07) is 3.92. The minimum Gasteiger partial charge on any atom is -0.264 e. The quantitative estimate of drug-likeness (QED) is 0.702. The van der Waals surface area contributed by atoms with Crippen LogP contribution >= 0.6 is 0 Å². The molecule has 0 aliphatic carbocycles. The number of pyridine rings is 1. The van der Waals surface area contributed by atoms with Crippen LogP contribution in [-0.4, -0.2) is 20.0 Å². The van der Waals surface area contributed by atoms with E-state index in [4.69, 9.17) is 0 Å². The van der Waals surface area contributed by atoms with Gasteiger partial charge in [-0.05, 0) is 18.6 Å². The smallest absolute Gasteiger partial charge is 0.114 e. The van der Waals surface area contributed by atoms with Gasteiger partial charge in [0.1, 0.15) is 5.69 Å². The first-order valence-corrected chi connectivity index (χ1v) is 6.70. The van der Waals surface area contributed by atoms with Crippen molar-refractivity contribution in [1.29, 1.82) is 0 Å². The molecule has 0 aliphatic rings. The van der Waals surface area contributed by atoms with E-state index in [0.717, 1.165) is 17.8 Å². The lowest BCUT2D eigenvalue weighted by molar-refractivity contribution is 0.521. The van der Waals surface area contributed by atoms with Gasteiger partial charge in [0.15, 0.2) is 0 Å². The van der Waals surface area contributed by atoms with Gasteiger partial charge in [0.25, 0.3) is 0 Å². The fraction of sp³-hybridized carbons (Fsp3) is 0.500. The number of rotatable bonds is 7. The molecule has 0 saturated heterocycles. The number of aromatic nitrogens is 4. The van der Waals surface area contributed by atoms with Gasteiger partial charge in [0.2, 0.25) is 0 Å². The van der Waals surface area contributed by atoms with E-state index < -0.39 is 0 Å². The maximum atomic E-state index is 4.17. The monoisotopic (exact) mass is 244 g/mol. The molecule has 4 nitrogen and oxygen atoms in total. The number of nitrogens with zero attached hydrogens (tertiary/aromatic N) is 4. The van der Waals surface area contributed by atoms with Crippen molar-refractivity contribution in [3.63, 3.8) is 0 Å². The second-order valence-corrected chi connectivity index (χ2v) is 4.52. The number of aryl methyl sites for hydroxylation is 1. The standard InChI is InChI=1S/C14H20N4/c1-2-3-4-5-6-10-18-12-14(16-17-18)13-8-7-9-15-11-13/h7-9,11-12H,2-6,10H2,1H3. The molecule has 0 spiro atoms. The summed E-state index contributed by atoms with van der Waals surface area (Å²) in [7, 11) is 0. The highest BCUT2D eigenvalue weighted by molar-refractivity contribution is 5.55. The van der Waals surface area contributed by atoms with E-state index in [2.05, 4.69) is 22.2 Å². The Hall–Kier alpha value is -1.71. The molecule has 0 atom stereocenters. The van der Waals surface area contributed by atoms with Crippen LogP contribution in [-0.2, 0) is 6.54 Å². The van der Waals surface area contributed by atoms with Crippen LogP contribution in [0.5, 0.6) is 0 Å². The van der Waals surface area contributed by atoms with Crippen LogP contribution < -0.4 is 0 Å². The summed E-state index contributed by atoms with van der Waals surface area (Å²) in [5, 5.41) is 8.32. The summed E-state index contributed by atoms with van der Waals surface area (Å²) in [6.07, 6.45) is 12.0. The third kappa shape index (κ3) is 3.65. The van der Waals surface area contributed by atoms with Crippen molar-refractivity contribution in [2.45, 2.75) is 45.6 Å². The fourth-order valence-electron chi connectivity index (χ4n) is 1.93. The predicted molar refractivity (Wildman–Crippen MR) is 72.0 cm³/mol. The molecule has 0 fully saturated rings. The minimum atomic E-state index is 0.900. The van der Waals surface area contributed by atoms with Crippen molar-refractivity contribution in [3.8, 4) is 11.3 Å². The van der Waals surface area contributed by atoms with Gasteiger partial charge >= 0.3 is 0 Å². The first kappa shape index (κ1) is 12.7.